The van der Waals surface area contributed by atoms with Gasteiger partial charge in [-0.15, -0.1) is 0 Å². The molecule has 438 valence electrons. The summed E-state index contributed by atoms with van der Waals surface area (Å²) in [6.45, 7) is 4.41. The van der Waals surface area contributed by atoms with Crippen molar-refractivity contribution in [2.45, 2.75) is 277 Å². The van der Waals surface area contributed by atoms with Crippen LogP contribution >= 0.6 is 7.82 Å². The van der Waals surface area contributed by atoms with Crippen LogP contribution in [0, 0.1) is 0 Å². The normalized spacial score (nSPS) is 13.9. The molecule has 0 aliphatic carbocycles. The van der Waals surface area contributed by atoms with Crippen molar-refractivity contribution in [1.29, 1.82) is 0 Å². The van der Waals surface area contributed by atoms with Crippen molar-refractivity contribution in [2.24, 2.45) is 0 Å². The van der Waals surface area contributed by atoms with E-state index < -0.39 is 57.8 Å². The summed E-state index contributed by atoms with van der Waals surface area (Å²) < 4.78 is 39.6. The monoisotopic (exact) mass is 1090 g/mol. The van der Waals surface area contributed by atoms with Crippen LogP contribution in [0.15, 0.2) is 85.1 Å². The third kappa shape index (κ3) is 55.4. The van der Waals surface area contributed by atoms with Gasteiger partial charge in [0, 0.05) is 19.3 Å². The third-order valence-corrected chi connectivity index (χ3v) is 13.8. The lowest BCUT2D eigenvalue weighted by Gasteiger charge is -2.21. The standard InChI is InChI=1S/C64H111O11P/c1-4-7-10-13-16-19-22-25-28-30-33-35-38-41-44-47-50-53-62(66)71-57-61(75-64(68)55-52-49-46-43-40-37-34-31-29-26-23-20-17-14-11-8-5-2)59-73-76(69,70)72-58-60(56-65)74-63(67)54-51-48-45-42-39-36-32-27-24-21-18-15-12-9-6-3/h7-8,10-11,16-17,19-20,25-26,28-29,34,37,60-61,65H,4-6,9,12-15,18,21-24,27,30-33,35-36,38-59H2,1-3H3,(H,69,70)/b10-7-,11-8-,19-16-,20-17-,28-25-,29-26-,37-34-. The van der Waals surface area contributed by atoms with E-state index in [0.29, 0.717) is 19.3 Å². The van der Waals surface area contributed by atoms with E-state index >= 15 is 0 Å². The molecule has 0 aromatic rings. The lowest BCUT2D eigenvalue weighted by molar-refractivity contribution is -0.161. The van der Waals surface area contributed by atoms with E-state index in [9.17, 15) is 28.9 Å². The predicted molar refractivity (Wildman–Crippen MR) is 316 cm³/mol. The van der Waals surface area contributed by atoms with Crippen LogP contribution < -0.4 is 0 Å². The van der Waals surface area contributed by atoms with Crippen LogP contribution in [0.5, 0.6) is 0 Å². The molecule has 0 rings (SSSR count). The SMILES string of the molecule is CC/C=C\C/C=C\C/C=C\C/C=C\CCCCCCC(=O)OC(COC(=O)CCCCCCCCC/C=C\C/C=C\C/C=C\CC)COP(=O)(O)OCC(CO)OC(=O)CCCCCCCCCCCCCCCCC. The molecule has 0 radical (unpaired) electrons. The zero-order valence-corrected chi connectivity index (χ0v) is 49.3. The zero-order chi connectivity index (χ0) is 55.5. The van der Waals surface area contributed by atoms with E-state index in [1.165, 1.54) is 83.5 Å². The quantitative estimate of drug-likeness (QED) is 0.0197. The number of phosphoric ester groups is 1. The zero-order valence-electron chi connectivity index (χ0n) is 48.5. The molecule has 0 saturated heterocycles. The molecule has 0 spiro atoms. The van der Waals surface area contributed by atoms with Crippen LogP contribution in [0.3, 0.4) is 0 Å². The number of esters is 3. The number of carbonyl (C=O) groups excluding carboxylic acids is 3. The maximum absolute atomic E-state index is 12.9. The van der Waals surface area contributed by atoms with Gasteiger partial charge in [-0.25, -0.2) is 4.57 Å². The van der Waals surface area contributed by atoms with Crippen LogP contribution in [0.1, 0.15) is 265 Å². The fourth-order valence-electron chi connectivity index (χ4n) is 8.25. The molecule has 0 aliphatic heterocycles. The Balaban J connectivity index is 4.76. The Labute approximate surface area is 464 Å². The number of hydrogen-bond acceptors (Lipinski definition) is 10. The Morgan fingerprint density at radius 2 is 0.684 bits per heavy atom. The number of carbonyl (C=O) groups is 3. The van der Waals surface area contributed by atoms with Gasteiger partial charge in [0.1, 0.15) is 12.7 Å². The molecule has 0 fully saturated rings. The molecular formula is C64H111O11P. The summed E-state index contributed by atoms with van der Waals surface area (Å²) >= 11 is 0. The van der Waals surface area contributed by atoms with Gasteiger partial charge >= 0.3 is 25.7 Å². The minimum Gasteiger partial charge on any atom is -0.462 e. The topological polar surface area (TPSA) is 155 Å². The van der Waals surface area contributed by atoms with E-state index in [1.54, 1.807) is 0 Å². The summed E-state index contributed by atoms with van der Waals surface area (Å²) in [7, 11) is -4.76. The van der Waals surface area contributed by atoms with Crippen molar-refractivity contribution in [3.05, 3.63) is 85.1 Å². The highest BCUT2D eigenvalue weighted by molar-refractivity contribution is 7.47. The molecule has 11 nitrogen and oxygen atoms in total. The second kappa shape index (κ2) is 57.8. The summed E-state index contributed by atoms with van der Waals surface area (Å²) in [5.41, 5.74) is 0. The molecule has 0 bridgehead atoms. The maximum Gasteiger partial charge on any atom is 0.472 e. The molecule has 12 heteroatoms. The minimum atomic E-state index is -4.76. The van der Waals surface area contributed by atoms with Crippen molar-refractivity contribution in [3.63, 3.8) is 0 Å². The van der Waals surface area contributed by atoms with Gasteiger partial charge in [-0.2, -0.15) is 0 Å². The van der Waals surface area contributed by atoms with Gasteiger partial charge in [-0.3, -0.25) is 23.4 Å². The summed E-state index contributed by atoms with van der Waals surface area (Å²) in [6.07, 6.45) is 66.7. The molecule has 0 heterocycles. The predicted octanol–water partition coefficient (Wildman–Crippen LogP) is 18.3. The van der Waals surface area contributed by atoms with E-state index in [2.05, 4.69) is 106 Å². The first-order chi connectivity index (χ1) is 37.2. The fourth-order valence-corrected chi connectivity index (χ4v) is 9.03. The minimum absolute atomic E-state index is 0.135. The van der Waals surface area contributed by atoms with Gasteiger partial charge in [0.05, 0.1) is 19.8 Å². The Hall–Kier alpha value is -3.34. The summed E-state index contributed by atoms with van der Waals surface area (Å²) in [5.74, 6) is -1.50. The first kappa shape index (κ1) is 72.7. The number of phosphoric acid groups is 1. The van der Waals surface area contributed by atoms with Crippen LogP contribution in [0.25, 0.3) is 0 Å². The number of ether oxygens (including phenoxy) is 3. The molecule has 3 unspecified atom stereocenters. The number of unbranched alkanes of at least 4 members (excludes halogenated alkanes) is 25. The highest BCUT2D eigenvalue weighted by Crippen LogP contribution is 2.43. The number of hydrogen-bond donors (Lipinski definition) is 2. The van der Waals surface area contributed by atoms with E-state index in [0.717, 1.165) is 122 Å². The number of rotatable bonds is 56. The Bertz CT molecular complexity index is 1600. The van der Waals surface area contributed by atoms with Gasteiger partial charge in [0.2, 0.25) is 0 Å². The summed E-state index contributed by atoms with van der Waals surface area (Å²) in [6, 6.07) is 0. The fraction of sp³-hybridized carbons (Fsp3) is 0.734. The van der Waals surface area contributed by atoms with Crippen LogP contribution in [0.2, 0.25) is 0 Å². The van der Waals surface area contributed by atoms with Crippen LogP contribution in [0.4, 0.5) is 0 Å². The Kier molecular flexibility index (Phi) is 55.3. The molecule has 0 saturated carbocycles. The largest absolute Gasteiger partial charge is 0.472 e. The molecule has 0 aromatic heterocycles. The number of aliphatic hydroxyl groups is 1. The highest BCUT2D eigenvalue weighted by Gasteiger charge is 2.28. The van der Waals surface area contributed by atoms with E-state index in [1.807, 2.05) is 0 Å². The van der Waals surface area contributed by atoms with Gasteiger partial charge < -0.3 is 24.2 Å². The van der Waals surface area contributed by atoms with E-state index in [-0.39, 0.29) is 25.9 Å². The van der Waals surface area contributed by atoms with Crippen LogP contribution in [-0.2, 0) is 42.2 Å². The molecule has 0 amide bonds. The third-order valence-electron chi connectivity index (χ3n) is 12.8. The highest BCUT2D eigenvalue weighted by atomic mass is 31.2. The first-order valence-electron chi connectivity index (χ1n) is 30.5. The molecule has 0 aromatic carbocycles. The lowest BCUT2D eigenvalue weighted by Crippen LogP contribution is -2.30. The van der Waals surface area contributed by atoms with Gasteiger partial charge in [0.25, 0.3) is 0 Å². The van der Waals surface area contributed by atoms with E-state index in [4.69, 9.17) is 23.3 Å². The van der Waals surface area contributed by atoms with Gasteiger partial charge in [-0.1, -0.05) is 241 Å². The molecule has 76 heavy (non-hydrogen) atoms. The average molecular weight is 1090 g/mol. The number of allylic oxidation sites excluding steroid dienone is 14. The second-order valence-electron chi connectivity index (χ2n) is 20.1. The lowest BCUT2D eigenvalue weighted by atomic mass is 10.0. The van der Waals surface area contributed by atoms with Crippen molar-refractivity contribution in [1.82, 2.24) is 0 Å². The smallest absolute Gasteiger partial charge is 0.462 e. The summed E-state index contributed by atoms with van der Waals surface area (Å²) in [5, 5.41) is 9.83. The van der Waals surface area contributed by atoms with Crippen molar-refractivity contribution in [2.75, 3.05) is 26.4 Å². The average Bonchev–Trinajstić information content (AvgIpc) is 3.41. The molecule has 2 N–H and O–H groups in total. The first-order valence-corrected chi connectivity index (χ1v) is 32.0. The van der Waals surface area contributed by atoms with Gasteiger partial charge in [-0.05, 0) is 89.9 Å². The Morgan fingerprint density at radius 3 is 1.05 bits per heavy atom. The molecule has 3 atom stereocenters. The number of aliphatic hydroxyl groups excluding tert-OH is 1. The maximum atomic E-state index is 12.9. The van der Waals surface area contributed by atoms with Gasteiger partial charge in [0.15, 0.2) is 6.10 Å². The molecular weight excluding hydrogens is 976 g/mol. The van der Waals surface area contributed by atoms with Crippen molar-refractivity contribution >= 4 is 25.7 Å². The molecule has 0 aliphatic rings. The summed E-state index contributed by atoms with van der Waals surface area (Å²) in [4.78, 5) is 48.7. The van der Waals surface area contributed by atoms with Crippen molar-refractivity contribution < 1.29 is 52.2 Å². The Morgan fingerprint density at radius 1 is 0.382 bits per heavy atom. The second-order valence-corrected chi connectivity index (χ2v) is 21.6. The van der Waals surface area contributed by atoms with Crippen molar-refractivity contribution in [3.8, 4) is 0 Å². The van der Waals surface area contributed by atoms with Crippen LogP contribution in [-0.4, -0.2) is 66.5 Å².